The highest BCUT2D eigenvalue weighted by atomic mass is 16.6. The van der Waals surface area contributed by atoms with E-state index in [1.54, 1.807) is 0 Å². The summed E-state index contributed by atoms with van der Waals surface area (Å²) in [5.41, 5.74) is 0. The molecule has 6 heteroatoms. The lowest BCUT2D eigenvalue weighted by molar-refractivity contribution is -0.167. The Morgan fingerprint density at radius 1 is 0.340 bits per heavy atom. The van der Waals surface area contributed by atoms with Crippen molar-refractivity contribution < 1.29 is 28.6 Å². The average Bonchev–Trinajstić information content (AvgIpc) is 3.06. The van der Waals surface area contributed by atoms with Crippen molar-refractivity contribution in [1.29, 1.82) is 0 Å². The molecule has 0 aliphatic carbocycles. The summed E-state index contributed by atoms with van der Waals surface area (Å²) >= 11 is 0. The van der Waals surface area contributed by atoms with Crippen LogP contribution in [0.15, 0.2) is 0 Å². The van der Waals surface area contributed by atoms with Crippen LogP contribution >= 0.6 is 0 Å². The van der Waals surface area contributed by atoms with E-state index >= 15 is 0 Å². The molecule has 0 radical (unpaired) electrons. The lowest BCUT2D eigenvalue weighted by Crippen LogP contribution is -2.30. The molecule has 0 aromatic rings. The van der Waals surface area contributed by atoms with Gasteiger partial charge in [-0.25, -0.2) is 0 Å². The third kappa shape index (κ3) is 35.5. The Morgan fingerprint density at radius 3 is 0.851 bits per heavy atom. The number of hydrogen-bond donors (Lipinski definition) is 0. The van der Waals surface area contributed by atoms with Crippen LogP contribution in [-0.2, 0) is 28.6 Å². The van der Waals surface area contributed by atoms with E-state index in [2.05, 4.69) is 20.8 Å². The van der Waals surface area contributed by atoms with Crippen LogP contribution in [0.2, 0.25) is 0 Å². The predicted octanol–water partition coefficient (Wildman–Crippen LogP) is 12.5. The largest absolute Gasteiger partial charge is 0.462 e. The zero-order valence-electron chi connectivity index (χ0n) is 31.6. The van der Waals surface area contributed by atoms with Crippen LogP contribution in [0, 0.1) is 0 Å². The van der Waals surface area contributed by atoms with Crippen LogP contribution in [-0.4, -0.2) is 37.2 Å². The van der Waals surface area contributed by atoms with Gasteiger partial charge in [-0.1, -0.05) is 188 Å². The van der Waals surface area contributed by atoms with E-state index in [0.717, 1.165) is 57.8 Å². The lowest BCUT2D eigenvalue weighted by atomic mass is 10.1. The van der Waals surface area contributed by atoms with Gasteiger partial charge in [0.05, 0.1) is 0 Å². The molecule has 1 atom stereocenters. The molecule has 0 amide bonds. The van der Waals surface area contributed by atoms with Gasteiger partial charge in [0.1, 0.15) is 13.2 Å². The summed E-state index contributed by atoms with van der Waals surface area (Å²) in [7, 11) is 0. The first-order valence-corrected chi connectivity index (χ1v) is 20.5. The van der Waals surface area contributed by atoms with Gasteiger partial charge >= 0.3 is 17.9 Å². The molecule has 0 saturated carbocycles. The van der Waals surface area contributed by atoms with Crippen molar-refractivity contribution in [3.63, 3.8) is 0 Å². The van der Waals surface area contributed by atoms with E-state index in [1.165, 1.54) is 128 Å². The summed E-state index contributed by atoms with van der Waals surface area (Å²) in [4.78, 5) is 37.4. The Hall–Kier alpha value is -1.59. The van der Waals surface area contributed by atoms with E-state index in [9.17, 15) is 14.4 Å². The molecule has 0 bridgehead atoms. The number of unbranched alkanes of at least 4 members (excludes halogenated alkanes) is 26. The second-order valence-corrected chi connectivity index (χ2v) is 13.9. The first-order chi connectivity index (χ1) is 23.0. The second kappa shape index (κ2) is 37.2. The molecule has 0 saturated heterocycles. The van der Waals surface area contributed by atoms with Gasteiger partial charge in [-0.05, 0) is 19.3 Å². The van der Waals surface area contributed by atoms with Crippen LogP contribution in [0.4, 0.5) is 0 Å². The fraction of sp³-hybridized carbons (Fsp3) is 0.927. The molecule has 0 rings (SSSR count). The van der Waals surface area contributed by atoms with Gasteiger partial charge in [0.25, 0.3) is 0 Å². The highest BCUT2D eigenvalue weighted by Gasteiger charge is 2.19. The standard InChI is InChI=1S/C41H78O6/c1-4-7-10-13-16-19-20-23-25-28-31-34-40(43)46-37-38(47-41(44)35-32-29-26-22-18-15-12-9-6-3)36-45-39(42)33-30-27-24-21-17-14-11-8-5-2/h38H,4-37H2,1-3H3/t38-/m0/s1. The van der Waals surface area contributed by atoms with Gasteiger partial charge in [0.15, 0.2) is 6.10 Å². The first kappa shape index (κ1) is 45.4. The van der Waals surface area contributed by atoms with Crippen molar-refractivity contribution in [1.82, 2.24) is 0 Å². The molecule has 278 valence electrons. The number of carbonyl (C=O) groups excluding carboxylic acids is 3. The molecular formula is C41H78O6. The minimum absolute atomic E-state index is 0.0638. The maximum Gasteiger partial charge on any atom is 0.306 e. The second-order valence-electron chi connectivity index (χ2n) is 13.9. The van der Waals surface area contributed by atoms with Gasteiger partial charge in [-0.3, -0.25) is 14.4 Å². The molecule has 0 aliphatic rings. The molecule has 0 N–H and O–H groups in total. The van der Waals surface area contributed by atoms with E-state index in [1.807, 2.05) is 0 Å². The topological polar surface area (TPSA) is 78.9 Å². The number of rotatable bonds is 37. The van der Waals surface area contributed by atoms with Crippen molar-refractivity contribution in [2.24, 2.45) is 0 Å². The molecule has 0 unspecified atom stereocenters. The van der Waals surface area contributed by atoms with Gasteiger partial charge in [0.2, 0.25) is 0 Å². The summed E-state index contributed by atoms with van der Waals surface area (Å²) in [6.07, 6.45) is 35.1. The smallest absolute Gasteiger partial charge is 0.306 e. The first-order valence-electron chi connectivity index (χ1n) is 20.5. The molecule has 0 aliphatic heterocycles. The molecule has 0 aromatic carbocycles. The van der Waals surface area contributed by atoms with Gasteiger partial charge in [0, 0.05) is 19.3 Å². The van der Waals surface area contributed by atoms with Crippen LogP contribution in [0.5, 0.6) is 0 Å². The van der Waals surface area contributed by atoms with E-state index < -0.39 is 6.10 Å². The van der Waals surface area contributed by atoms with E-state index in [4.69, 9.17) is 14.2 Å². The monoisotopic (exact) mass is 667 g/mol. The Bertz CT molecular complexity index is 693. The molecule has 0 fully saturated rings. The summed E-state index contributed by atoms with van der Waals surface area (Å²) in [6, 6.07) is 0. The summed E-state index contributed by atoms with van der Waals surface area (Å²) in [5.74, 6) is -0.864. The Kier molecular flexibility index (Phi) is 36.0. The van der Waals surface area contributed by atoms with Crippen molar-refractivity contribution in [3.8, 4) is 0 Å². The van der Waals surface area contributed by atoms with Crippen molar-refractivity contribution in [2.45, 2.75) is 232 Å². The Morgan fingerprint density at radius 2 is 0.574 bits per heavy atom. The summed E-state index contributed by atoms with van der Waals surface area (Å²) in [5, 5.41) is 0. The average molecular weight is 667 g/mol. The maximum absolute atomic E-state index is 12.6. The Labute approximate surface area is 291 Å². The Balaban J connectivity index is 4.32. The van der Waals surface area contributed by atoms with Gasteiger partial charge in [-0.15, -0.1) is 0 Å². The zero-order valence-corrected chi connectivity index (χ0v) is 31.6. The molecule has 0 spiro atoms. The minimum atomic E-state index is -0.755. The van der Waals surface area contributed by atoms with E-state index in [-0.39, 0.29) is 31.1 Å². The maximum atomic E-state index is 12.6. The normalized spacial score (nSPS) is 11.8. The fourth-order valence-corrected chi connectivity index (χ4v) is 5.97. The zero-order chi connectivity index (χ0) is 34.5. The number of carbonyl (C=O) groups is 3. The minimum Gasteiger partial charge on any atom is -0.462 e. The lowest BCUT2D eigenvalue weighted by Gasteiger charge is -2.18. The quantitative estimate of drug-likeness (QED) is 0.0373. The molecule has 0 aromatic heterocycles. The van der Waals surface area contributed by atoms with Crippen molar-refractivity contribution >= 4 is 17.9 Å². The fourth-order valence-electron chi connectivity index (χ4n) is 5.97. The highest BCUT2D eigenvalue weighted by Crippen LogP contribution is 2.15. The molecule has 6 nitrogen and oxygen atoms in total. The van der Waals surface area contributed by atoms with Crippen molar-refractivity contribution in [2.75, 3.05) is 13.2 Å². The van der Waals surface area contributed by atoms with Gasteiger partial charge < -0.3 is 14.2 Å². The number of ether oxygens (including phenoxy) is 3. The van der Waals surface area contributed by atoms with E-state index in [0.29, 0.717) is 19.3 Å². The summed E-state index contributed by atoms with van der Waals surface area (Å²) in [6.45, 7) is 6.59. The summed E-state index contributed by atoms with van der Waals surface area (Å²) < 4.78 is 16.6. The van der Waals surface area contributed by atoms with Crippen molar-refractivity contribution in [3.05, 3.63) is 0 Å². The molecule has 0 heterocycles. The number of esters is 3. The molecule has 47 heavy (non-hydrogen) atoms. The van der Waals surface area contributed by atoms with Crippen LogP contribution in [0.25, 0.3) is 0 Å². The third-order valence-corrected chi connectivity index (χ3v) is 9.11. The van der Waals surface area contributed by atoms with Crippen LogP contribution in [0.3, 0.4) is 0 Å². The number of hydrogen-bond acceptors (Lipinski definition) is 6. The van der Waals surface area contributed by atoms with Crippen LogP contribution < -0.4 is 0 Å². The highest BCUT2D eigenvalue weighted by molar-refractivity contribution is 5.71. The van der Waals surface area contributed by atoms with Gasteiger partial charge in [-0.2, -0.15) is 0 Å². The third-order valence-electron chi connectivity index (χ3n) is 9.11. The predicted molar refractivity (Wildman–Crippen MR) is 197 cm³/mol. The molecular weight excluding hydrogens is 588 g/mol. The van der Waals surface area contributed by atoms with Crippen LogP contribution in [0.1, 0.15) is 226 Å². The SMILES string of the molecule is CCCCCCCCCCCCCC(=O)OC[C@H](COC(=O)CCCCCCCCCCC)OC(=O)CCCCCCCCCCC.